The molecule has 0 spiro atoms. The van der Waals surface area contributed by atoms with Crippen molar-refractivity contribution in [3.8, 4) is 5.75 Å². The van der Waals surface area contributed by atoms with Crippen LogP contribution in [0.1, 0.15) is 29.6 Å². The summed E-state index contributed by atoms with van der Waals surface area (Å²) in [6.45, 7) is 2.85. The number of nitrogens with one attached hydrogen (secondary N) is 1. The zero-order chi connectivity index (χ0) is 18.8. The van der Waals surface area contributed by atoms with E-state index in [4.69, 9.17) is 9.47 Å². The lowest BCUT2D eigenvalue weighted by Crippen LogP contribution is -2.41. The number of nitrogens with zero attached hydrogens (tertiary/aromatic N) is 2. The third-order valence-corrected chi connectivity index (χ3v) is 5.16. The molecule has 3 amide bonds. The lowest BCUT2D eigenvalue weighted by Gasteiger charge is -2.24. The van der Waals surface area contributed by atoms with Crippen molar-refractivity contribution in [3.05, 3.63) is 23.8 Å². The number of hydrogen-bond acceptors (Lipinski definition) is 5. The highest BCUT2D eigenvalue weighted by Gasteiger charge is 2.30. The third kappa shape index (κ3) is 3.75. The number of benzene rings is 1. The lowest BCUT2D eigenvalue weighted by molar-refractivity contribution is -0.140. The Morgan fingerprint density at radius 3 is 2.70 bits per heavy atom. The predicted octanol–water partition coefficient (Wildman–Crippen LogP) is 0.871. The number of carbonyl (C=O) groups is 3. The van der Waals surface area contributed by atoms with Gasteiger partial charge in [-0.15, -0.1) is 0 Å². The molecule has 1 unspecified atom stereocenters. The van der Waals surface area contributed by atoms with Gasteiger partial charge in [-0.2, -0.15) is 0 Å². The highest BCUT2D eigenvalue weighted by atomic mass is 16.5. The van der Waals surface area contributed by atoms with Crippen molar-refractivity contribution in [1.82, 2.24) is 9.80 Å². The smallest absolute Gasteiger partial charge is 0.262 e. The first-order valence-electron chi connectivity index (χ1n) is 9.38. The van der Waals surface area contributed by atoms with Crippen LogP contribution in [0.5, 0.6) is 5.75 Å². The van der Waals surface area contributed by atoms with Gasteiger partial charge in [0.2, 0.25) is 0 Å². The second-order valence-corrected chi connectivity index (χ2v) is 7.02. The van der Waals surface area contributed by atoms with Gasteiger partial charge in [0.15, 0.2) is 6.61 Å². The summed E-state index contributed by atoms with van der Waals surface area (Å²) >= 11 is 0. The molecule has 3 heterocycles. The zero-order valence-corrected chi connectivity index (χ0v) is 15.1. The number of carbonyl (C=O) groups excluding carboxylic acids is 3. The minimum Gasteiger partial charge on any atom is -0.482 e. The maximum absolute atomic E-state index is 12.9. The van der Waals surface area contributed by atoms with Gasteiger partial charge in [-0.25, -0.2) is 0 Å². The molecule has 8 nitrogen and oxygen atoms in total. The SMILES string of the molecule is O=C1COc2ccc(C(=O)N3CCCN(C(=O)C4CCCO4)CC3)cc2N1. The molecule has 2 fully saturated rings. The predicted molar refractivity (Wildman–Crippen MR) is 96.6 cm³/mol. The quantitative estimate of drug-likeness (QED) is 0.831. The van der Waals surface area contributed by atoms with Gasteiger partial charge in [-0.1, -0.05) is 0 Å². The fourth-order valence-electron chi connectivity index (χ4n) is 3.72. The van der Waals surface area contributed by atoms with Gasteiger partial charge in [-0.3, -0.25) is 14.4 Å². The normalized spacial score (nSPS) is 22.5. The second-order valence-electron chi connectivity index (χ2n) is 7.02. The minimum absolute atomic E-state index is 0.0129. The maximum atomic E-state index is 12.9. The van der Waals surface area contributed by atoms with E-state index < -0.39 is 0 Å². The van der Waals surface area contributed by atoms with Crippen molar-refractivity contribution >= 4 is 23.4 Å². The fraction of sp³-hybridized carbons (Fsp3) is 0.526. The average Bonchev–Trinajstić information content (AvgIpc) is 3.11. The molecule has 4 rings (SSSR count). The number of hydrogen-bond donors (Lipinski definition) is 1. The summed E-state index contributed by atoms with van der Waals surface area (Å²) in [7, 11) is 0. The molecule has 8 heteroatoms. The van der Waals surface area contributed by atoms with Gasteiger partial charge in [0.25, 0.3) is 17.7 Å². The first kappa shape index (κ1) is 17.8. The van der Waals surface area contributed by atoms with Crippen LogP contribution in [0.25, 0.3) is 0 Å². The average molecular weight is 373 g/mol. The highest BCUT2D eigenvalue weighted by Crippen LogP contribution is 2.29. The number of fused-ring (bicyclic) bond motifs is 1. The summed E-state index contributed by atoms with van der Waals surface area (Å²) in [6.07, 6.45) is 2.11. The molecule has 3 aliphatic rings. The van der Waals surface area contributed by atoms with E-state index in [-0.39, 0.29) is 30.4 Å². The number of ether oxygens (including phenoxy) is 2. The van der Waals surface area contributed by atoms with Gasteiger partial charge >= 0.3 is 0 Å². The van der Waals surface area contributed by atoms with Crippen LogP contribution in [0.15, 0.2) is 18.2 Å². The molecular formula is C19H23N3O5. The van der Waals surface area contributed by atoms with Crippen molar-refractivity contribution < 1.29 is 23.9 Å². The second kappa shape index (κ2) is 7.56. The van der Waals surface area contributed by atoms with Crippen LogP contribution in [0, 0.1) is 0 Å². The topological polar surface area (TPSA) is 88.2 Å². The summed E-state index contributed by atoms with van der Waals surface area (Å²) in [5.74, 6) is 0.264. The molecule has 0 bridgehead atoms. The Morgan fingerprint density at radius 2 is 1.89 bits per heavy atom. The maximum Gasteiger partial charge on any atom is 0.262 e. The molecule has 144 valence electrons. The largest absolute Gasteiger partial charge is 0.482 e. The van der Waals surface area contributed by atoms with Crippen LogP contribution < -0.4 is 10.1 Å². The standard InChI is InChI=1S/C19H23N3O5/c23-17-12-27-15-5-4-13(11-14(15)20-17)18(24)21-6-2-7-22(9-8-21)19(25)16-3-1-10-26-16/h4-5,11,16H,1-3,6-10,12H2,(H,20,23). The van der Waals surface area contributed by atoms with Crippen LogP contribution in [0.3, 0.4) is 0 Å². The van der Waals surface area contributed by atoms with E-state index in [1.54, 1.807) is 23.1 Å². The molecule has 0 saturated carbocycles. The van der Waals surface area contributed by atoms with Gasteiger partial charge in [0.05, 0.1) is 5.69 Å². The molecule has 27 heavy (non-hydrogen) atoms. The third-order valence-electron chi connectivity index (χ3n) is 5.16. The van der Waals surface area contributed by atoms with Crippen LogP contribution in [-0.4, -0.2) is 73.0 Å². The Balaban J connectivity index is 1.41. The van der Waals surface area contributed by atoms with Crippen molar-refractivity contribution in [2.24, 2.45) is 0 Å². The van der Waals surface area contributed by atoms with E-state index in [0.29, 0.717) is 49.8 Å². The van der Waals surface area contributed by atoms with Crippen molar-refractivity contribution in [2.45, 2.75) is 25.4 Å². The number of amides is 3. The summed E-state index contributed by atoms with van der Waals surface area (Å²) in [5.41, 5.74) is 1.01. The monoisotopic (exact) mass is 373 g/mol. The van der Waals surface area contributed by atoms with E-state index in [2.05, 4.69) is 5.32 Å². The van der Waals surface area contributed by atoms with Gasteiger partial charge in [0, 0.05) is 38.3 Å². The molecule has 1 aromatic rings. The summed E-state index contributed by atoms with van der Waals surface area (Å²) in [5, 5.41) is 2.72. The highest BCUT2D eigenvalue weighted by molar-refractivity contribution is 5.99. The Kier molecular flexibility index (Phi) is 4.98. The molecule has 1 aromatic carbocycles. The van der Waals surface area contributed by atoms with Crippen molar-refractivity contribution in [1.29, 1.82) is 0 Å². The lowest BCUT2D eigenvalue weighted by atomic mass is 10.1. The Morgan fingerprint density at radius 1 is 1.07 bits per heavy atom. The Labute approximate surface area is 157 Å². The van der Waals surface area contributed by atoms with E-state index in [0.717, 1.165) is 19.3 Å². The Hall–Kier alpha value is -2.61. The van der Waals surface area contributed by atoms with Crippen molar-refractivity contribution in [2.75, 3.05) is 44.7 Å². The zero-order valence-electron chi connectivity index (χ0n) is 15.1. The molecule has 1 N–H and O–H groups in total. The summed E-state index contributed by atoms with van der Waals surface area (Å²) in [6, 6.07) is 5.06. The van der Waals surface area contributed by atoms with E-state index in [1.807, 2.05) is 4.90 Å². The van der Waals surface area contributed by atoms with Gasteiger partial charge < -0.3 is 24.6 Å². The molecule has 0 aliphatic carbocycles. The van der Waals surface area contributed by atoms with Crippen LogP contribution in [0.4, 0.5) is 5.69 Å². The summed E-state index contributed by atoms with van der Waals surface area (Å²) in [4.78, 5) is 40.5. The first-order chi connectivity index (χ1) is 13.1. The first-order valence-corrected chi connectivity index (χ1v) is 9.38. The van der Waals surface area contributed by atoms with Gasteiger partial charge in [-0.05, 0) is 37.5 Å². The molecular weight excluding hydrogens is 350 g/mol. The minimum atomic E-state index is -0.323. The van der Waals surface area contributed by atoms with E-state index in [1.165, 1.54) is 0 Å². The van der Waals surface area contributed by atoms with E-state index >= 15 is 0 Å². The molecule has 1 atom stereocenters. The molecule has 2 saturated heterocycles. The van der Waals surface area contributed by atoms with Crippen LogP contribution >= 0.6 is 0 Å². The van der Waals surface area contributed by atoms with Crippen molar-refractivity contribution in [3.63, 3.8) is 0 Å². The molecule has 3 aliphatic heterocycles. The van der Waals surface area contributed by atoms with E-state index in [9.17, 15) is 14.4 Å². The number of anilines is 1. The number of rotatable bonds is 2. The van der Waals surface area contributed by atoms with Crippen LogP contribution in [-0.2, 0) is 14.3 Å². The van der Waals surface area contributed by atoms with Gasteiger partial charge in [0.1, 0.15) is 11.9 Å². The fourth-order valence-corrected chi connectivity index (χ4v) is 3.72. The summed E-state index contributed by atoms with van der Waals surface area (Å²) < 4.78 is 10.8. The molecule has 0 aromatic heterocycles. The van der Waals surface area contributed by atoms with Crippen LogP contribution in [0.2, 0.25) is 0 Å². The molecule has 0 radical (unpaired) electrons. The Bertz CT molecular complexity index is 760.